The summed E-state index contributed by atoms with van der Waals surface area (Å²) in [6, 6.07) is 15.7. The lowest BCUT2D eigenvalue weighted by Crippen LogP contribution is -2.40. The molecule has 4 aromatic rings. The molecule has 1 aromatic heterocycles. The van der Waals surface area contributed by atoms with Gasteiger partial charge in [0.05, 0.1) is 40.1 Å². The first-order valence-corrected chi connectivity index (χ1v) is 16.8. The van der Waals surface area contributed by atoms with Gasteiger partial charge in [-0.2, -0.15) is 0 Å². The van der Waals surface area contributed by atoms with E-state index in [0.717, 1.165) is 5.56 Å². The third kappa shape index (κ3) is 6.65. The molecule has 0 saturated carbocycles. The van der Waals surface area contributed by atoms with Crippen LogP contribution in [0.4, 0.5) is 0 Å². The number of benzene rings is 3. The van der Waals surface area contributed by atoms with E-state index in [0.29, 0.717) is 66.5 Å². The minimum absolute atomic E-state index is 0.133. The van der Waals surface area contributed by atoms with Crippen LogP contribution in [0.2, 0.25) is 5.02 Å². The summed E-state index contributed by atoms with van der Waals surface area (Å²) in [5, 5.41) is 0.318. The Morgan fingerprint density at radius 2 is 1.85 bits per heavy atom. The maximum atomic E-state index is 14.2. The first-order valence-electron chi connectivity index (χ1n) is 15.6. The van der Waals surface area contributed by atoms with Gasteiger partial charge < -0.3 is 28.4 Å². The molecule has 12 heteroatoms. The molecule has 0 saturated heterocycles. The quantitative estimate of drug-likeness (QED) is 0.178. The SMILES string of the molecule is CCOC(=O)C1=C(C)N=c2s/c(=C/c3cc(Cl)c(OCc4ccc5c(c4)OCO5)c(OCC)c3)c(=O)n2[C@H]1c1ccccc1OC(C)C. The predicted molar refractivity (Wildman–Crippen MR) is 182 cm³/mol. The Morgan fingerprint density at radius 3 is 2.62 bits per heavy atom. The first kappa shape index (κ1) is 33.2. The molecule has 48 heavy (non-hydrogen) atoms. The molecular formula is C36H35ClN2O8S. The van der Waals surface area contributed by atoms with Crippen molar-refractivity contribution in [3.63, 3.8) is 0 Å². The summed E-state index contributed by atoms with van der Waals surface area (Å²) in [4.78, 5) is 32.7. The molecule has 250 valence electrons. The number of esters is 1. The first-order chi connectivity index (χ1) is 23.2. The standard InChI is InChI=1S/C36H35ClN2O8S/c1-6-42-29-16-23(14-25(37)33(29)44-18-22-12-13-27-28(15-22)46-19-45-27)17-30-34(40)39-32(24-10-8-9-11-26(24)47-20(3)4)31(35(41)43-7-2)21(5)38-36(39)48-30/h8-17,20,32H,6-7,18-19H2,1-5H3/b30-17+/t32-/m0/s1. The van der Waals surface area contributed by atoms with E-state index < -0.39 is 12.0 Å². The fraction of sp³-hybridized carbons (Fsp3) is 0.306. The number of ether oxygens (including phenoxy) is 6. The van der Waals surface area contributed by atoms with E-state index in [1.54, 1.807) is 32.1 Å². The normalized spacial score (nSPS) is 15.3. The number of carbonyl (C=O) groups is 1. The summed E-state index contributed by atoms with van der Waals surface area (Å²) in [6.07, 6.45) is 1.60. The average molecular weight is 691 g/mol. The number of thiazole rings is 1. The van der Waals surface area contributed by atoms with Crippen molar-refractivity contribution in [3.8, 4) is 28.7 Å². The van der Waals surface area contributed by atoms with E-state index in [4.69, 9.17) is 40.0 Å². The molecule has 6 rings (SSSR count). The van der Waals surface area contributed by atoms with Crippen molar-refractivity contribution >= 4 is 35.0 Å². The molecule has 0 aliphatic carbocycles. The number of para-hydroxylation sites is 1. The van der Waals surface area contributed by atoms with Gasteiger partial charge in [0, 0.05) is 5.56 Å². The number of nitrogens with zero attached hydrogens (tertiary/aromatic N) is 2. The molecule has 0 fully saturated rings. The summed E-state index contributed by atoms with van der Waals surface area (Å²) in [5.41, 5.74) is 2.58. The minimum Gasteiger partial charge on any atom is -0.491 e. The fourth-order valence-corrected chi connectivity index (χ4v) is 6.89. The van der Waals surface area contributed by atoms with Crippen LogP contribution < -0.4 is 38.6 Å². The zero-order valence-electron chi connectivity index (χ0n) is 27.2. The lowest BCUT2D eigenvalue weighted by molar-refractivity contribution is -0.139. The maximum absolute atomic E-state index is 14.2. The van der Waals surface area contributed by atoms with E-state index in [-0.39, 0.29) is 37.2 Å². The Morgan fingerprint density at radius 1 is 1.06 bits per heavy atom. The molecule has 0 N–H and O–H groups in total. The Bertz CT molecular complexity index is 2080. The van der Waals surface area contributed by atoms with Crippen molar-refractivity contribution in [2.45, 2.75) is 53.4 Å². The lowest BCUT2D eigenvalue weighted by atomic mass is 9.95. The van der Waals surface area contributed by atoms with Gasteiger partial charge in [-0.05, 0) is 82.2 Å². The Hall–Kier alpha value is -4.74. The number of carbonyl (C=O) groups excluding carboxylic acids is 1. The number of hydrogen-bond donors (Lipinski definition) is 0. The summed E-state index contributed by atoms with van der Waals surface area (Å²) in [5.74, 6) is 2.18. The van der Waals surface area contributed by atoms with Crippen LogP contribution in [0.25, 0.3) is 6.08 Å². The highest BCUT2D eigenvalue weighted by atomic mass is 35.5. The molecule has 0 unspecified atom stereocenters. The van der Waals surface area contributed by atoms with Crippen LogP contribution in [-0.4, -0.2) is 36.6 Å². The Labute approximate surface area is 286 Å². The van der Waals surface area contributed by atoms with Gasteiger partial charge in [0.2, 0.25) is 6.79 Å². The molecule has 2 aliphatic rings. The molecule has 3 aromatic carbocycles. The van der Waals surface area contributed by atoms with Gasteiger partial charge in [0.1, 0.15) is 18.4 Å². The van der Waals surface area contributed by atoms with E-state index in [1.807, 2.05) is 63.2 Å². The van der Waals surface area contributed by atoms with Crippen molar-refractivity contribution in [1.29, 1.82) is 0 Å². The average Bonchev–Trinajstić information content (AvgIpc) is 3.63. The van der Waals surface area contributed by atoms with Gasteiger partial charge in [-0.1, -0.05) is 47.2 Å². The topological polar surface area (TPSA) is 107 Å². The van der Waals surface area contributed by atoms with Crippen LogP contribution in [0, 0.1) is 0 Å². The number of rotatable bonds is 11. The maximum Gasteiger partial charge on any atom is 0.338 e. The second-order valence-corrected chi connectivity index (χ2v) is 12.7. The highest BCUT2D eigenvalue weighted by Gasteiger charge is 2.35. The van der Waals surface area contributed by atoms with Gasteiger partial charge >= 0.3 is 5.97 Å². The monoisotopic (exact) mass is 690 g/mol. The summed E-state index contributed by atoms with van der Waals surface area (Å²) in [7, 11) is 0. The second kappa shape index (κ2) is 14.2. The summed E-state index contributed by atoms with van der Waals surface area (Å²) in [6.45, 7) is 10.2. The van der Waals surface area contributed by atoms with Crippen LogP contribution in [0.5, 0.6) is 28.7 Å². The van der Waals surface area contributed by atoms with Crippen LogP contribution in [0.15, 0.2) is 75.7 Å². The largest absolute Gasteiger partial charge is 0.491 e. The van der Waals surface area contributed by atoms with Gasteiger partial charge in [-0.25, -0.2) is 9.79 Å². The van der Waals surface area contributed by atoms with Gasteiger partial charge in [-0.15, -0.1) is 0 Å². The summed E-state index contributed by atoms with van der Waals surface area (Å²) >= 11 is 7.98. The van der Waals surface area contributed by atoms with Gasteiger partial charge in [0.25, 0.3) is 5.56 Å². The number of aromatic nitrogens is 1. The van der Waals surface area contributed by atoms with Crippen molar-refractivity contribution in [2.24, 2.45) is 4.99 Å². The van der Waals surface area contributed by atoms with Crippen LogP contribution in [0.1, 0.15) is 57.4 Å². The third-order valence-corrected chi connectivity index (χ3v) is 8.81. The zero-order chi connectivity index (χ0) is 33.9. The van der Waals surface area contributed by atoms with Gasteiger partial charge in [-0.3, -0.25) is 9.36 Å². The van der Waals surface area contributed by atoms with Crippen molar-refractivity contribution in [2.75, 3.05) is 20.0 Å². The predicted octanol–water partition coefficient (Wildman–Crippen LogP) is 5.95. The highest BCUT2D eigenvalue weighted by molar-refractivity contribution is 7.07. The highest BCUT2D eigenvalue weighted by Crippen LogP contribution is 2.39. The van der Waals surface area contributed by atoms with E-state index in [2.05, 4.69) is 4.99 Å². The number of halogens is 1. The molecule has 0 bridgehead atoms. The number of hydrogen-bond acceptors (Lipinski definition) is 10. The molecule has 0 spiro atoms. The molecule has 10 nitrogen and oxygen atoms in total. The smallest absolute Gasteiger partial charge is 0.338 e. The Balaban J connectivity index is 1.41. The minimum atomic E-state index is -0.813. The van der Waals surface area contributed by atoms with Crippen LogP contribution >= 0.6 is 22.9 Å². The molecule has 0 amide bonds. The van der Waals surface area contributed by atoms with E-state index in [9.17, 15) is 9.59 Å². The van der Waals surface area contributed by atoms with E-state index in [1.165, 1.54) is 15.9 Å². The van der Waals surface area contributed by atoms with Crippen LogP contribution in [-0.2, 0) is 16.1 Å². The molecular weight excluding hydrogens is 656 g/mol. The molecule has 1 atom stereocenters. The summed E-state index contributed by atoms with van der Waals surface area (Å²) < 4.78 is 36.4. The van der Waals surface area contributed by atoms with Crippen molar-refractivity contribution in [1.82, 2.24) is 4.57 Å². The zero-order valence-corrected chi connectivity index (χ0v) is 28.8. The molecule has 2 aliphatic heterocycles. The van der Waals surface area contributed by atoms with Crippen LogP contribution in [0.3, 0.4) is 0 Å². The second-order valence-electron chi connectivity index (χ2n) is 11.2. The van der Waals surface area contributed by atoms with Gasteiger partial charge in [0.15, 0.2) is 27.8 Å². The van der Waals surface area contributed by atoms with E-state index >= 15 is 0 Å². The molecule has 0 radical (unpaired) electrons. The molecule has 3 heterocycles. The lowest BCUT2D eigenvalue weighted by Gasteiger charge is -2.26. The van der Waals surface area contributed by atoms with Crippen molar-refractivity contribution < 1.29 is 33.2 Å². The Kier molecular flexibility index (Phi) is 9.79. The third-order valence-electron chi connectivity index (χ3n) is 7.54. The number of fused-ring (bicyclic) bond motifs is 2. The fourth-order valence-electron chi connectivity index (χ4n) is 5.57. The van der Waals surface area contributed by atoms with Crippen molar-refractivity contribution in [3.05, 3.63) is 107 Å². The number of allylic oxidation sites excluding steroid dienone is 1.